The molecule has 23 heavy (non-hydrogen) atoms. The van der Waals surface area contributed by atoms with Crippen molar-refractivity contribution in [1.82, 2.24) is 24.9 Å². The summed E-state index contributed by atoms with van der Waals surface area (Å²) in [6, 6.07) is 9.44. The van der Waals surface area contributed by atoms with Crippen LogP contribution in [0.15, 0.2) is 28.8 Å². The molecule has 0 atom stereocenters. The molecule has 0 unspecified atom stereocenters. The molecule has 1 aromatic carbocycles. The summed E-state index contributed by atoms with van der Waals surface area (Å²) in [5, 5.41) is 21.5. The van der Waals surface area contributed by atoms with E-state index in [0.29, 0.717) is 29.7 Å². The van der Waals surface area contributed by atoms with Crippen LogP contribution in [-0.4, -0.2) is 24.9 Å². The first-order chi connectivity index (χ1) is 11.2. The van der Waals surface area contributed by atoms with Crippen LogP contribution in [0.3, 0.4) is 0 Å². The van der Waals surface area contributed by atoms with E-state index in [1.54, 1.807) is 12.1 Å². The largest absolute Gasteiger partial charge is 0.339 e. The molecule has 0 aliphatic heterocycles. The number of nitrogens with zero attached hydrogens (tertiary/aromatic N) is 6. The van der Waals surface area contributed by atoms with Crippen LogP contribution in [0.2, 0.25) is 0 Å². The van der Waals surface area contributed by atoms with Crippen LogP contribution in [0.25, 0.3) is 11.4 Å². The van der Waals surface area contributed by atoms with Crippen molar-refractivity contribution in [2.24, 2.45) is 0 Å². The Morgan fingerprint density at radius 2 is 2.22 bits per heavy atom. The maximum absolute atomic E-state index is 9.05. The minimum absolute atomic E-state index is 0.435. The molecule has 7 nitrogen and oxygen atoms in total. The van der Waals surface area contributed by atoms with Gasteiger partial charge in [0, 0.05) is 11.5 Å². The fourth-order valence-electron chi connectivity index (χ4n) is 2.48. The molecule has 4 rings (SSSR count). The maximum Gasteiger partial charge on any atom is 0.229 e. The van der Waals surface area contributed by atoms with E-state index in [0.717, 1.165) is 30.1 Å². The lowest BCUT2D eigenvalue weighted by atomic mass is 10.1. The molecule has 1 saturated carbocycles. The van der Waals surface area contributed by atoms with Gasteiger partial charge in [-0.3, -0.25) is 0 Å². The number of aromatic nitrogens is 5. The Balaban J connectivity index is 1.68. The number of aryl methyl sites for hydroxylation is 1. The van der Waals surface area contributed by atoms with Crippen molar-refractivity contribution in [3.8, 4) is 17.5 Å². The van der Waals surface area contributed by atoms with E-state index in [4.69, 9.17) is 9.78 Å². The summed E-state index contributed by atoms with van der Waals surface area (Å²) in [6.45, 7) is 2.33. The fourth-order valence-corrected chi connectivity index (χ4v) is 2.48. The van der Waals surface area contributed by atoms with E-state index in [-0.39, 0.29) is 0 Å². The quantitative estimate of drug-likeness (QED) is 0.735. The average molecular weight is 306 g/mol. The lowest BCUT2D eigenvalue weighted by Crippen LogP contribution is -2.06. The predicted octanol–water partition coefficient (Wildman–Crippen LogP) is 2.43. The first-order valence-corrected chi connectivity index (χ1v) is 7.47. The molecule has 0 bridgehead atoms. The molecule has 2 aromatic heterocycles. The van der Waals surface area contributed by atoms with Crippen LogP contribution in [0.4, 0.5) is 0 Å². The molecular formula is C16H14N6O. The maximum atomic E-state index is 9.05. The zero-order valence-electron chi connectivity index (χ0n) is 12.6. The fraction of sp³-hybridized carbons (Fsp3) is 0.312. The first kappa shape index (κ1) is 13.6. The van der Waals surface area contributed by atoms with Crippen molar-refractivity contribution in [1.29, 1.82) is 5.26 Å². The molecule has 0 amide bonds. The first-order valence-electron chi connectivity index (χ1n) is 7.47. The molecule has 1 aliphatic carbocycles. The normalized spacial score (nSPS) is 13.9. The molecule has 0 spiro atoms. The van der Waals surface area contributed by atoms with Gasteiger partial charge in [0.25, 0.3) is 0 Å². The summed E-state index contributed by atoms with van der Waals surface area (Å²) in [5.41, 5.74) is 1.43. The Kier molecular flexibility index (Phi) is 3.15. The smallest absolute Gasteiger partial charge is 0.229 e. The topological polar surface area (TPSA) is 93.4 Å². The van der Waals surface area contributed by atoms with Crippen molar-refractivity contribution in [3.05, 3.63) is 47.4 Å². The Hall–Kier alpha value is -3.01. The summed E-state index contributed by atoms with van der Waals surface area (Å²) >= 11 is 0. The van der Waals surface area contributed by atoms with E-state index in [1.165, 1.54) is 0 Å². The molecule has 0 radical (unpaired) electrons. The molecule has 1 fully saturated rings. The highest BCUT2D eigenvalue weighted by atomic mass is 16.5. The molecule has 114 valence electrons. The highest BCUT2D eigenvalue weighted by Gasteiger charge is 2.29. The average Bonchev–Trinajstić information content (AvgIpc) is 3.22. The molecule has 0 saturated heterocycles. The van der Waals surface area contributed by atoms with Gasteiger partial charge in [0.1, 0.15) is 5.82 Å². The van der Waals surface area contributed by atoms with Gasteiger partial charge in [-0.05, 0) is 31.9 Å². The molecule has 7 heteroatoms. The van der Waals surface area contributed by atoms with Crippen LogP contribution in [0.5, 0.6) is 0 Å². The Morgan fingerprint density at radius 3 is 3.00 bits per heavy atom. The minimum atomic E-state index is 0.435. The van der Waals surface area contributed by atoms with Gasteiger partial charge in [-0.2, -0.15) is 10.2 Å². The Bertz CT molecular complexity index is 899. The van der Waals surface area contributed by atoms with Crippen molar-refractivity contribution < 1.29 is 4.52 Å². The second kappa shape index (κ2) is 5.32. The number of rotatable bonds is 4. The van der Waals surface area contributed by atoms with Crippen molar-refractivity contribution in [2.75, 3.05) is 0 Å². The van der Waals surface area contributed by atoms with Gasteiger partial charge >= 0.3 is 0 Å². The van der Waals surface area contributed by atoms with Crippen LogP contribution in [0, 0.1) is 18.3 Å². The van der Waals surface area contributed by atoms with Gasteiger partial charge in [0.15, 0.2) is 11.6 Å². The van der Waals surface area contributed by atoms with Gasteiger partial charge in [-0.25, -0.2) is 0 Å². The van der Waals surface area contributed by atoms with Crippen molar-refractivity contribution >= 4 is 0 Å². The van der Waals surface area contributed by atoms with Gasteiger partial charge in [0.05, 0.1) is 18.2 Å². The minimum Gasteiger partial charge on any atom is -0.339 e. The van der Waals surface area contributed by atoms with E-state index in [1.807, 2.05) is 23.6 Å². The summed E-state index contributed by atoms with van der Waals surface area (Å²) in [7, 11) is 0. The van der Waals surface area contributed by atoms with Gasteiger partial charge in [-0.1, -0.05) is 17.3 Å². The van der Waals surface area contributed by atoms with Crippen LogP contribution >= 0.6 is 0 Å². The molecular weight excluding hydrogens is 292 g/mol. The van der Waals surface area contributed by atoms with Gasteiger partial charge < -0.3 is 9.09 Å². The van der Waals surface area contributed by atoms with Gasteiger partial charge in [-0.15, -0.1) is 10.2 Å². The Labute approximate surface area is 132 Å². The molecule has 3 aromatic rings. The van der Waals surface area contributed by atoms with E-state index in [2.05, 4.69) is 26.4 Å². The third-order valence-electron chi connectivity index (χ3n) is 3.90. The number of hydrogen-bond donors (Lipinski definition) is 0. The second-order valence-corrected chi connectivity index (χ2v) is 5.67. The predicted molar refractivity (Wildman–Crippen MR) is 80.3 cm³/mol. The SMILES string of the molecule is Cc1nnc(-c2cccc(C#N)c2)n1Cc1noc(C2CC2)n1. The van der Waals surface area contributed by atoms with Crippen LogP contribution < -0.4 is 0 Å². The summed E-state index contributed by atoms with van der Waals surface area (Å²) in [4.78, 5) is 4.45. The highest BCUT2D eigenvalue weighted by molar-refractivity contribution is 5.58. The summed E-state index contributed by atoms with van der Waals surface area (Å²) < 4.78 is 7.23. The Morgan fingerprint density at radius 1 is 1.35 bits per heavy atom. The van der Waals surface area contributed by atoms with E-state index in [9.17, 15) is 0 Å². The van der Waals surface area contributed by atoms with Crippen LogP contribution in [0.1, 0.15) is 41.9 Å². The monoisotopic (exact) mass is 306 g/mol. The number of nitriles is 1. The molecule has 0 N–H and O–H groups in total. The standard InChI is InChI=1S/C16H14N6O/c1-10-19-20-15(13-4-2-3-11(7-13)8-17)22(10)9-14-18-16(23-21-14)12-5-6-12/h2-4,7,12H,5-6,9H2,1H3. The second-order valence-electron chi connectivity index (χ2n) is 5.67. The third kappa shape index (κ3) is 2.59. The summed E-state index contributed by atoms with van der Waals surface area (Å²) in [5.74, 6) is 3.23. The lowest BCUT2D eigenvalue weighted by Gasteiger charge is -2.06. The number of benzene rings is 1. The summed E-state index contributed by atoms with van der Waals surface area (Å²) in [6.07, 6.45) is 2.25. The zero-order chi connectivity index (χ0) is 15.8. The van der Waals surface area contributed by atoms with E-state index >= 15 is 0 Å². The third-order valence-corrected chi connectivity index (χ3v) is 3.90. The van der Waals surface area contributed by atoms with Crippen LogP contribution in [-0.2, 0) is 6.54 Å². The highest BCUT2D eigenvalue weighted by Crippen LogP contribution is 2.38. The van der Waals surface area contributed by atoms with Crippen molar-refractivity contribution in [2.45, 2.75) is 32.2 Å². The van der Waals surface area contributed by atoms with Crippen molar-refractivity contribution in [3.63, 3.8) is 0 Å². The zero-order valence-corrected chi connectivity index (χ0v) is 12.6. The number of hydrogen-bond acceptors (Lipinski definition) is 6. The van der Waals surface area contributed by atoms with E-state index < -0.39 is 0 Å². The molecule has 1 aliphatic rings. The van der Waals surface area contributed by atoms with Gasteiger partial charge in [0.2, 0.25) is 5.89 Å². The molecule has 2 heterocycles. The lowest BCUT2D eigenvalue weighted by molar-refractivity contribution is 0.373.